The Kier molecular flexibility index (Phi) is 11.4. The summed E-state index contributed by atoms with van der Waals surface area (Å²) in [6.07, 6.45) is -1.35. The molecule has 1 saturated heterocycles. The van der Waals surface area contributed by atoms with Crippen LogP contribution in [0, 0.1) is 40.9 Å². The molecule has 228 valence electrons. The highest BCUT2D eigenvalue weighted by atomic mass is 35.5. The van der Waals surface area contributed by atoms with E-state index in [4.69, 9.17) is 9.47 Å². The van der Waals surface area contributed by atoms with Crippen molar-refractivity contribution in [2.45, 2.75) is 25.1 Å². The van der Waals surface area contributed by atoms with Crippen molar-refractivity contribution in [3.63, 3.8) is 0 Å². The molecule has 13 heteroatoms. The van der Waals surface area contributed by atoms with Crippen molar-refractivity contribution < 1.29 is 41.3 Å². The van der Waals surface area contributed by atoms with Crippen LogP contribution in [0.4, 0.5) is 22.0 Å². The third-order valence-corrected chi connectivity index (χ3v) is 7.24. The topological polar surface area (TPSA) is 71.0 Å². The van der Waals surface area contributed by atoms with Gasteiger partial charge >= 0.3 is 5.97 Å². The van der Waals surface area contributed by atoms with E-state index in [1.54, 1.807) is 24.3 Å². The van der Waals surface area contributed by atoms with Crippen LogP contribution in [0.15, 0.2) is 54.6 Å². The van der Waals surface area contributed by atoms with Crippen LogP contribution in [0.5, 0.6) is 11.5 Å². The van der Waals surface area contributed by atoms with E-state index in [0.29, 0.717) is 54.5 Å². The molecule has 5 rings (SSSR count). The van der Waals surface area contributed by atoms with Crippen molar-refractivity contribution in [2.24, 2.45) is 11.8 Å². The number of benzene rings is 3. The van der Waals surface area contributed by atoms with Gasteiger partial charge in [-0.2, -0.15) is 0 Å². The number of carbonyl (C=O) groups is 1. The van der Waals surface area contributed by atoms with E-state index in [0.717, 1.165) is 31.3 Å². The number of fused-ring (bicyclic) bond motifs is 1. The fourth-order valence-corrected chi connectivity index (χ4v) is 5.24. The summed E-state index contributed by atoms with van der Waals surface area (Å²) < 4.78 is 78.3. The summed E-state index contributed by atoms with van der Waals surface area (Å²) >= 11 is 0. The van der Waals surface area contributed by atoms with Gasteiger partial charge < -0.3 is 19.9 Å². The molecule has 1 saturated carbocycles. The maximum Gasteiger partial charge on any atom is 0.345 e. The maximum atomic E-state index is 13.9. The highest BCUT2D eigenvalue weighted by Gasteiger charge is 2.55. The van der Waals surface area contributed by atoms with E-state index >= 15 is 0 Å². The van der Waals surface area contributed by atoms with E-state index < -0.39 is 41.2 Å². The van der Waals surface area contributed by atoms with Crippen LogP contribution in [-0.4, -0.2) is 54.4 Å². The number of carboxylic acids is 1. The Morgan fingerprint density at radius 3 is 2.12 bits per heavy atom. The number of likely N-dealkylation sites (tertiary alicyclic amines) is 1. The SMILES string of the molecule is Cl.Cl.O=C(O)[C@H](Cc1ccc(OCCN[C@H]2C3CN(Cc4cc(F)c(F)cc4F)C[C@@H]32)cc1)Oc1cc(F)cc(F)c1. The maximum absolute atomic E-state index is 13.9. The smallest absolute Gasteiger partial charge is 0.345 e. The van der Waals surface area contributed by atoms with Crippen LogP contribution in [0.2, 0.25) is 0 Å². The first-order valence-electron chi connectivity index (χ1n) is 12.8. The first kappa shape index (κ1) is 33.4. The van der Waals surface area contributed by atoms with Crippen molar-refractivity contribution in [1.82, 2.24) is 10.2 Å². The monoisotopic (exact) mass is 634 g/mol. The van der Waals surface area contributed by atoms with Crippen molar-refractivity contribution in [3.8, 4) is 11.5 Å². The van der Waals surface area contributed by atoms with Gasteiger partial charge in [0.15, 0.2) is 17.7 Å². The molecular weight excluding hydrogens is 606 g/mol. The first-order chi connectivity index (χ1) is 19.2. The molecule has 42 heavy (non-hydrogen) atoms. The number of nitrogens with zero attached hydrogens (tertiary/aromatic N) is 1. The number of nitrogens with one attached hydrogen (secondary N) is 1. The molecule has 1 aliphatic carbocycles. The molecular formula is C29H29Cl2F5N2O4. The second-order valence-electron chi connectivity index (χ2n) is 10.1. The molecule has 2 fully saturated rings. The van der Waals surface area contributed by atoms with Crippen LogP contribution in [0.3, 0.4) is 0 Å². The summed E-state index contributed by atoms with van der Waals surface area (Å²) in [4.78, 5) is 13.6. The van der Waals surface area contributed by atoms with Crippen molar-refractivity contribution in [1.29, 1.82) is 0 Å². The second kappa shape index (κ2) is 14.4. The third kappa shape index (κ3) is 8.25. The minimum Gasteiger partial charge on any atom is -0.492 e. The largest absolute Gasteiger partial charge is 0.492 e. The Hall–Kier alpha value is -3.12. The molecule has 4 atom stereocenters. The summed E-state index contributed by atoms with van der Waals surface area (Å²) in [5.74, 6) is -4.74. The van der Waals surface area contributed by atoms with Gasteiger partial charge in [-0.05, 0) is 35.6 Å². The summed E-state index contributed by atoms with van der Waals surface area (Å²) in [6, 6.07) is 11.2. The lowest BCUT2D eigenvalue weighted by Crippen LogP contribution is -2.33. The van der Waals surface area contributed by atoms with E-state index in [-0.39, 0.29) is 49.1 Å². The molecule has 1 aliphatic heterocycles. The van der Waals surface area contributed by atoms with Crippen LogP contribution in [-0.2, 0) is 17.8 Å². The number of carboxylic acid groups (broad SMARTS) is 1. The number of piperidine rings is 1. The summed E-state index contributed by atoms with van der Waals surface area (Å²) in [5, 5.41) is 12.9. The molecule has 6 nitrogen and oxygen atoms in total. The quantitative estimate of drug-likeness (QED) is 0.158. The van der Waals surface area contributed by atoms with E-state index in [1.807, 2.05) is 4.90 Å². The van der Waals surface area contributed by atoms with Gasteiger partial charge in [-0.15, -0.1) is 24.8 Å². The average Bonchev–Trinajstić information content (AvgIpc) is 3.34. The third-order valence-electron chi connectivity index (χ3n) is 7.24. The fourth-order valence-electron chi connectivity index (χ4n) is 5.24. The molecule has 0 bridgehead atoms. The molecule has 1 heterocycles. The Labute approximate surface area is 251 Å². The van der Waals surface area contributed by atoms with Gasteiger partial charge in [0.2, 0.25) is 0 Å². The first-order valence-corrected chi connectivity index (χ1v) is 12.8. The number of aliphatic carboxylic acids is 1. The van der Waals surface area contributed by atoms with Crippen LogP contribution < -0.4 is 14.8 Å². The Morgan fingerprint density at radius 1 is 0.881 bits per heavy atom. The zero-order valence-corrected chi connectivity index (χ0v) is 23.7. The lowest BCUT2D eigenvalue weighted by Gasteiger charge is -2.20. The van der Waals surface area contributed by atoms with Gasteiger partial charge in [0.1, 0.15) is 35.6 Å². The van der Waals surface area contributed by atoms with Gasteiger partial charge in [-0.1, -0.05) is 12.1 Å². The lowest BCUT2D eigenvalue weighted by molar-refractivity contribution is -0.145. The van der Waals surface area contributed by atoms with Crippen molar-refractivity contribution in [2.75, 3.05) is 26.2 Å². The normalized spacial score (nSPS) is 19.7. The zero-order valence-electron chi connectivity index (χ0n) is 22.1. The predicted octanol–water partition coefficient (Wildman–Crippen LogP) is 5.40. The van der Waals surface area contributed by atoms with Gasteiger partial charge in [-0.25, -0.2) is 26.7 Å². The van der Waals surface area contributed by atoms with E-state index in [9.17, 15) is 31.9 Å². The number of halogens is 7. The van der Waals surface area contributed by atoms with Crippen molar-refractivity contribution in [3.05, 3.63) is 94.8 Å². The molecule has 0 radical (unpaired) electrons. The van der Waals surface area contributed by atoms with Gasteiger partial charge in [0, 0.05) is 68.5 Å². The Morgan fingerprint density at radius 2 is 1.50 bits per heavy atom. The molecule has 0 amide bonds. The van der Waals surface area contributed by atoms with Gasteiger partial charge in [0.05, 0.1) is 0 Å². The summed E-state index contributed by atoms with van der Waals surface area (Å²) in [7, 11) is 0. The summed E-state index contributed by atoms with van der Waals surface area (Å²) in [6.45, 7) is 2.75. The Balaban J connectivity index is 0.00000242. The van der Waals surface area contributed by atoms with Crippen LogP contribution >= 0.6 is 24.8 Å². The Bertz CT molecular complexity index is 1350. The average molecular weight is 635 g/mol. The minimum absolute atomic E-state index is 0. The number of hydrogen-bond acceptors (Lipinski definition) is 5. The summed E-state index contributed by atoms with van der Waals surface area (Å²) in [5.41, 5.74) is 0.797. The highest BCUT2D eigenvalue weighted by Crippen LogP contribution is 2.45. The fraction of sp³-hybridized carbons (Fsp3) is 0.345. The number of rotatable bonds is 12. The van der Waals surface area contributed by atoms with Crippen LogP contribution in [0.25, 0.3) is 0 Å². The van der Waals surface area contributed by atoms with Gasteiger partial charge in [-0.3, -0.25) is 4.90 Å². The second-order valence-corrected chi connectivity index (χ2v) is 10.1. The number of hydrogen-bond donors (Lipinski definition) is 2. The molecule has 0 aromatic heterocycles. The minimum atomic E-state index is -1.33. The molecule has 3 aromatic rings. The molecule has 0 spiro atoms. The standard InChI is InChI=1S/C29H27F5N2O4.2ClH/c30-18-9-19(31)11-21(10-18)40-27(29(37)38)7-16-1-3-20(4-2-16)39-6-5-35-28-22-14-36(15-23(22)28)13-17-8-25(33)26(34)12-24(17)32;;/h1-4,8-12,22-23,27-28,35H,5-7,13-15H2,(H,37,38);2*1H/t22-,23?,27-,28+;;/m0../s1. The van der Waals surface area contributed by atoms with E-state index in [1.165, 1.54) is 0 Å². The molecule has 1 unspecified atom stereocenters. The molecule has 3 aromatic carbocycles. The van der Waals surface area contributed by atoms with Gasteiger partial charge in [0.25, 0.3) is 0 Å². The highest BCUT2D eigenvalue weighted by molar-refractivity contribution is 5.85. The zero-order chi connectivity index (χ0) is 28.4. The number of ether oxygens (including phenoxy) is 2. The van der Waals surface area contributed by atoms with Crippen molar-refractivity contribution >= 4 is 30.8 Å². The molecule has 2 aliphatic rings. The lowest BCUT2D eigenvalue weighted by atomic mass is 10.1. The van der Waals surface area contributed by atoms with Crippen LogP contribution in [0.1, 0.15) is 11.1 Å². The molecule has 2 N–H and O–H groups in total. The predicted molar refractivity (Wildman–Crippen MR) is 149 cm³/mol. The van der Waals surface area contributed by atoms with E-state index in [2.05, 4.69) is 5.32 Å².